The molecule has 0 spiro atoms. The van der Waals surface area contributed by atoms with Crippen molar-refractivity contribution in [1.82, 2.24) is 4.98 Å². The third kappa shape index (κ3) is 2.37. The summed E-state index contributed by atoms with van der Waals surface area (Å²) in [6, 6.07) is 11.8. The number of para-hydroxylation sites is 2. The number of carbonyl (C=O) groups is 1. The van der Waals surface area contributed by atoms with E-state index in [1.807, 2.05) is 12.1 Å². The molecule has 0 aliphatic carbocycles. The highest BCUT2D eigenvalue weighted by molar-refractivity contribution is 9.10. The fraction of sp³-hybridized carbons (Fsp3) is 0. The second-order valence-corrected chi connectivity index (χ2v) is 4.91. The lowest BCUT2D eigenvalue weighted by Crippen LogP contribution is -1.99. The van der Waals surface area contributed by atoms with E-state index in [1.165, 1.54) is 6.07 Å². The van der Waals surface area contributed by atoms with Crippen LogP contribution in [-0.2, 0) is 0 Å². The van der Waals surface area contributed by atoms with E-state index < -0.39 is 5.97 Å². The van der Waals surface area contributed by atoms with E-state index in [1.54, 1.807) is 24.3 Å². The molecule has 100 valence electrons. The van der Waals surface area contributed by atoms with E-state index in [4.69, 9.17) is 14.3 Å². The molecule has 0 unspecified atom stereocenters. The van der Waals surface area contributed by atoms with Gasteiger partial charge in [0.05, 0.1) is 0 Å². The number of carboxylic acid groups (broad SMARTS) is 1. The molecule has 6 heteroatoms. The number of nitrogens with zero attached hydrogens (tertiary/aromatic N) is 1. The molecule has 3 rings (SSSR count). The van der Waals surface area contributed by atoms with E-state index in [0.717, 1.165) is 0 Å². The van der Waals surface area contributed by atoms with Crippen molar-refractivity contribution in [2.45, 2.75) is 0 Å². The third-order valence-corrected chi connectivity index (χ3v) is 3.14. The highest BCUT2D eigenvalue weighted by atomic mass is 79.9. The van der Waals surface area contributed by atoms with Crippen LogP contribution >= 0.6 is 15.9 Å². The Morgan fingerprint density at radius 3 is 2.80 bits per heavy atom. The molecule has 0 saturated carbocycles. The van der Waals surface area contributed by atoms with Crippen LogP contribution in [0.15, 0.2) is 51.4 Å². The van der Waals surface area contributed by atoms with Gasteiger partial charge in [0.15, 0.2) is 5.58 Å². The Morgan fingerprint density at radius 2 is 2.05 bits per heavy atom. The topological polar surface area (TPSA) is 72.6 Å². The van der Waals surface area contributed by atoms with Gasteiger partial charge in [0.1, 0.15) is 16.8 Å². The molecule has 5 nitrogen and oxygen atoms in total. The van der Waals surface area contributed by atoms with Gasteiger partial charge in [-0.05, 0) is 30.3 Å². The summed E-state index contributed by atoms with van der Waals surface area (Å²) in [5, 5.41) is 9.13. The molecule has 1 heterocycles. The maximum atomic E-state index is 11.1. The summed E-state index contributed by atoms with van der Waals surface area (Å²) in [6.45, 7) is 0. The van der Waals surface area contributed by atoms with E-state index >= 15 is 0 Å². The van der Waals surface area contributed by atoms with Crippen LogP contribution in [0.4, 0.5) is 0 Å². The fourth-order valence-corrected chi connectivity index (χ4v) is 2.09. The number of benzene rings is 2. The van der Waals surface area contributed by atoms with Crippen molar-refractivity contribution in [3.8, 4) is 11.8 Å². The smallest absolute Gasteiger partial charge is 0.400 e. The number of hydrogen-bond acceptors (Lipinski definition) is 4. The Kier molecular flexibility index (Phi) is 3.15. The number of ether oxygens (including phenoxy) is 1. The molecule has 1 N–H and O–H groups in total. The van der Waals surface area contributed by atoms with Gasteiger partial charge in [0.2, 0.25) is 0 Å². The average Bonchev–Trinajstić information content (AvgIpc) is 2.80. The quantitative estimate of drug-likeness (QED) is 0.781. The summed E-state index contributed by atoms with van der Waals surface area (Å²) in [5.74, 6) is -0.915. The van der Waals surface area contributed by atoms with Crippen molar-refractivity contribution in [3.05, 3.63) is 52.5 Å². The molecule has 0 bridgehead atoms. The number of aromatic carboxylic acids is 1. The fourth-order valence-electron chi connectivity index (χ4n) is 1.75. The molecule has 0 aliphatic rings. The predicted octanol–water partition coefficient (Wildman–Crippen LogP) is 4.08. The van der Waals surface area contributed by atoms with Crippen LogP contribution in [0.1, 0.15) is 10.4 Å². The van der Waals surface area contributed by atoms with Crippen molar-refractivity contribution in [2.75, 3.05) is 0 Å². The normalized spacial score (nSPS) is 10.7. The van der Waals surface area contributed by atoms with Crippen LogP contribution in [0.5, 0.6) is 11.8 Å². The molecule has 0 amide bonds. The maximum absolute atomic E-state index is 11.1. The Balaban J connectivity index is 2.01. The molecule has 0 atom stereocenters. The highest BCUT2D eigenvalue weighted by Crippen LogP contribution is 2.30. The highest BCUT2D eigenvalue weighted by Gasteiger charge is 2.15. The summed E-state index contributed by atoms with van der Waals surface area (Å²) >= 11 is 3.27. The van der Waals surface area contributed by atoms with Gasteiger partial charge in [-0.25, -0.2) is 4.79 Å². The molecule has 0 fully saturated rings. The lowest BCUT2D eigenvalue weighted by molar-refractivity contribution is 0.0693. The second-order valence-electron chi connectivity index (χ2n) is 4.00. The predicted molar refractivity (Wildman–Crippen MR) is 75.2 cm³/mol. The molecule has 1 aromatic heterocycles. The SMILES string of the molecule is O=C(O)c1ccc(Br)cc1Oc1nc2ccccc2o1. The standard InChI is InChI=1S/C14H8BrNO4/c15-8-5-6-9(13(17)18)12(7-8)20-14-16-10-3-1-2-4-11(10)19-14/h1-7H,(H,17,18). The second kappa shape index (κ2) is 4.97. The molecule has 0 saturated heterocycles. The first kappa shape index (κ1) is 12.7. The lowest BCUT2D eigenvalue weighted by atomic mass is 10.2. The zero-order valence-electron chi connectivity index (χ0n) is 10.0. The Morgan fingerprint density at radius 1 is 1.25 bits per heavy atom. The van der Waals surface area contributed by atoms with Crippen molar-refractivity contribution >= 4 is 33.0 Å². The summed E-state index contributed by atoms with van der Waals surface area (Å²) < 4.78 is 11.6. The number of rotatable bonds is 3. The largest absolute Gasteiger partial charge is 0.478 e. The van der Waals surface area contributed by atoms with Crippen LogP contribution in [0.3, 0.4) is 0 Å². The monoisotopic (exact) mass is 333 g/mol. The van der Waals surface area contributed by atoms with Crippen LogP contribution in [0.2, 0.25) is 0 Å². The van der Waals surface area contributed by atoms with Gasteiger partial charge >= 0.3 is 12.0 Å². The average molecular weight is 334 g/mol. The lowest BCUT2D eigenvalue weighted by Gasteiger charge is -2.05. The summed E-state index contributed by atoms with van der Waals surface area (Å²) in [4.78, 5) is 15.3. The maximum Gasteiger partial charge on any atom is 0.400 e. The van der Waals surface area contributed by atoms with Crippen LogP contribution in [0.25, 0.3) is 11.1 Å². The number of oxazole rings is 1. The minimum atomic E-state index is -1.08. The molecule has 0 aliphatic heterocycles. The van der Waals surface area contributed by atoms with Crippen molar-refractivity contribution in [3.63, 3.8) is 0 Å². The van der Waals surface area contributed by atoms with E-state index in [0.29, 0.717) is 15.6 Å². The van der Waals surface area contributed by atoms with Crippen LogP contribution in [0, 0.1) is 0 Å². The first-order valence-electron chi connectivity index (χ1n) is 5.70. The van der Waals surface area contributed by atoms with Crippen LogP contribution < -0.4 is 4.74 Å². The van der Waals surface area contributed by atoms with Crippen LogP contribution in [-0.4, -0.2) is 16.1 Å². The van der Waals surface area contributed by atoms with Gasteiger partial charge in [-0.1, -0.05) is 28.1 Å². The van der Waals surface area contributed by atoms with Gasteiger partial charge in [-0.2, -0.15) is 4.98 Å². The molecule has 0 radical (unpaired) electrons. The number of hydrogen-bond donors (Lipinski definition) is 1. The first-order valence-corrected chi connectivity index (χ1v) is 6.49. The van der Waals surface area contributed by atoms with Gasteiger partial charge < -0.3 is 14.3 Å². The minimum absolute atomic E-state index is 0.00630. The third-order valence-electron chi connectivity index (χ3n) is 2.65. The number of halogens is 1. The van der Waals surface area contributed by atoms with Gasteiger partial charge in [-0.3, -0.25) is 0 Å². The zero-order chi connectivity index (χ0) is 14.1. The van der Waals surface area contributed by atoms with E-state index in [-0.39, 0.29) is 17.4 Å². The van der Waals surface area contributed by atoms with E-state index in [9.17, 15) is 4.79 Å². The Hall–Kier alpha value is -2.34. The number of aromatic nitrogens is 1. The molecular formula is C14H8BrNO4. The van der Waals surface area contributed by atoms with Crippen molar-refractivity contribution in [2.24, 2.45) is 0 Å². The van der Waals surface area contributed by atoms with Crippen molar-refractivity contribution in [1.29, 1.82) is 0 Å². The minimum Gasteiger partial charge on any atom is -0.478 e. The Bertz CT molecular complexity index is 764. The van der Waals surface area contributed by atoms with Gasteiger partial charge in [0, 0.05) is 4.47 Å². The molecule has 3 aromatic rings. The summed E-state index contributed by atoms with van der Waals surface area (Å²) in [7, 11) is 0. The Labute approximate surface area is 121 Å². The van der Waals surface area contributed by atoms with Gasteiger partial charge in [0.25, 0.3) is 0 Å². The number of fused-ring (bicyclic) bond motifs is 1. The molecular weight excluding hydrogens is 326 g/mol. The van der Waals surface area contributed by atoms with E-state index in [2.05, 4.69) is 20.9 Å². The first-order chi connectivity index (χ1) is 9.63. The van der Waals surface area contributed by atoms with Crippen molar-refractivity contribution < 1.29 is 19.1 Å². The van der Waals surface area contributed by atoms with Gasteiger partial charge in [-0.15, -0.1) is 0 Å². The number of carboxylic acids is 1. The molecule has 20 heavy (non-hydrogen) atoms. The summed E-state index contributed by atoms with van der Waals surface area (Å²) in [5.41, 5.74) is 1.26. The summed E-state index contributed by atoms with van der Waals surface area (Å²) in [6.07, 6.45) is 0.00630. The molecule has 2 aromatic carbocycles. The zero-order valence-corrected chi connectivity index (χ0v) is 11.6.